The van der Waals surface area contributed by atoms with Gasteiger partial charge >= 0.3 is 0 Å². The first-order valence-corrected chi connectivity index (χ1v) is 6.37. The Hall–Kier alpha value is -1.07. The molecular weight excluding hydrogens is 327 g/mol. The molecule has 0 aliphatic heterocycles. The van der Waals surface area contributed by atoms with E-state index in [1.807, 2.05) is 48.5 Å². The van der Waals surface area contributed by atoms with Gasteiger partial charge in [0.05, 0.1) is 7.11 Å². The first kappa shape index (κ1) is 12.4. The Morgan fingerprint density at radius 1 is 1.00 bits per heavy atom. The Kier molecular flexibility index (Phi) is 4.02. The summed E-state index contributed by atoms with van der Waals surface area (Å²) in [5, 5.41) is 10.4. The normalized spacial score (nSPS) is 12.2. The zero-order valence-corrected chi connectivity index (χ0v) is 11.6. The van der Waals surface area contributed by atoms with Crippen LogP contribution in [0.4, 0.5) is 0 Å². The lowest BCUT2D eigenvalue weighted by atomic mass is 10.0. The molecule has 0 heterocycles. The molecule has 17 heavy (non-hydrogen) atoms. The molecule has 0 radical (unpaired) electrons. The molecular formula is C14H13IO2. The highest BCUT2D eigenvalue weighted by molar-refractivity contribution is 14.1. The fourth-order valence-corrected chi connectivity index (χ4v) is 2.44. The molecule has 0 saturated carbocycles. The van der Waals surface area contributed by atoms with Gasteiger partial charge in [0.2, 0.25) is 0 Å². The molecule has 2 aromatic carbocycles. The summed E-state index contributed by atoms with van der Waals surface area (Å²) in [6.07, 6.45) is -0.653. The van der Waals surface area contributed by atoms with Crippen molar-refractivity contribution in [2.75, 3.05) is 7.11 Å². The lowest BCUT2D eigenvalue weighted by Gasteiger charge is -2.16. The van der Waals surface area contributed by atoms with E-state index in [1.54, 1.807) is 7.11 Å². The zero-order chi connectivity index (χ0) is 12.3. The summed E-state index contributed by atoms with van der Waals surface area (Å²) in [6, 6.07) is 15.3. The minimum absolute atomic E-state index is 0.653. The van der Waals surface area contributed by atoms with Crippen LogP contribution in [0.3, 0.4) is 0 Å². The Morgan fingerprint density at radius 3 is 2.24 bits per heavy atom. The van der Waals surface area contributed by atoms with Crippen LogP contribution >= 0.6 is 22.6 Å². The van der Waals surface area contributed by atoms with E-state index in [9.17, 15) is 5.11 Å². The van der Waals surface area contributed by atoms with Gasteiger partial charge in [-0.05, 0) is 40.3 Å². The third-order valence-electron chi connectivity index (χ3n) is 2.63. The Labute approximate surface area is 114 Å². The lowest BCUT2D eigenvalue weighted by Crippen LogP contribution is -2.03. The van der Waals surface area contributed by atoms with Crippen molar-refractivity contribution < 1.29 is 9.84 Å². The van der Waals surface area contributed by atoms with Crippen LogP contribution in [-0.4, -0.2) is 12.2 Å². The molecule has 0 saturated heterocycles. The van der Waals surface area contributed by atoms with Crippen molar-refractivity contribution >= 4 is 22.6 Å². The van der Waals surface area contributed by atoms with E-state index >= 15 is 0 Å². The van der Waals surface area contributed by atoms with Gasteiger partial charge in [0.25, 0.3) is 0 Å². The third kappa shape index (κ3) is 2.61. The quantitative estimate of drug-likeness (QED) is 0.868. The summed E-state index contributed by atoms with van der Waals surface area (Å²) in [4.78, 5) is 0. The van der Waals surface area contributed by atoms with Crippen molar-refractivity contribution in [1.29, 1.82) is 0 Å². The number of aliphatic hydroxyl groups is 1. The molecule has 0 bridgehead atoms. The topological polar surface area (TPSA) is 29.5 Å². The number of benzene rings is 2. The van der Waals surface area contributed by atoms with Crippen molar-refractivity contribution in [1.82, 2.24) is 0 Å². The van der Waals surface area contributed by atoms with Gasteiger partial charge < -0.3 is 9.84 Å². The Bertz CT molecular complexity index is 511. The van der Waals surface area contributed by atoms with Gasteiger partial charge in [-0.1, -0.05) is 36.4 Å². The summed E-state index contributed by atoms with van der Waals surface area (Å²) < 4.78 is 6.31. The van der Waals surface area contributed by atoms with Gasteiger partial charge in [0.15, 0.2) is 0 Å². The number of aliphatic hydroxyl groups excluding tert-OH is 1. The highest BCUT2D eigenvalue weighted by Gasteiger charge is 2.16. The van der Waals surface area contributed by atoms with Gasteiger partial charge in [0.1, 0.15) is 11.9 Å². The number of ether oxygens (including phenoxy) is 1. The molecule has 2 aromatic rings. The van der Waals surface area contributed by atoms with Gasteiger partial charge in [-0.2, -0.15) is 0 Å². The molecule has 1 unspecified atom stereocenters. The average Bonchev–Trinajstić information content (AvgIpc) is 2.38. The molecule has 3 heteroatoms. The second-order valence-electron chi connectivity index (χ2n) is 3.67. The molecule has 1 N–H and O–H groups in total. The van der Waals surface area contributed by atoms with Crippen LogP contribution in [0.1, 0.15) is 17.2 Å². The predicted octanol–water partition coefficient (Wildman–Crippen LogP) is 3.38. The van der Waals surface area contributed by atoms with Crippen molar-refractivity contribution in [3.05, 3.63) is 63.2 Å². The average molecular weight is 340 g/mol. The van der Waals surface area contributed by atoms with E-state index in [4.69, 9.17) is 4.74 Å². The Morgan fingerprint density at radius 2 is 1.59 bits per heavy atom. The van der Waals surface area contributed by atoms with Crippen molar-refractivity contribution in [2.45, 2.75) is 6.10 Å². The second-order valence-corrected chi connectivity index (χ2v) is 4.83. The summed E-state index contributed by atoms with van der Waals surface area (Å²) in [5.74, 6) is 0.708. The minimum atomic E-state index is -0.653. The Balaban J connectivity index is 2.44. The highest BCUT2D eigenvalue weighted by atomic mass is 127. The van der Waals surface area contributed by atoms with Crippen LogP contribution < -0.4 is 4.74 Å². The number of methoxy groups -OCH3 is 1. The predicted molar refractivity (Wildman–Crippen MR) is 76.2 cm³/mol. The van der Waals surface area contributed by atoms with E-state index in [-0.39, 0.29) is 0 Å². The van der Waals surface area contributed by atoms with Gasteiger partial charge in [-0.15, -0.1) is 0 Å². The maximum Gasteiger partial charge on any atom is 0.125 e. The smallest absolute Gasteiger partial charge is 0.125 e. The third-order valence-corrected chi connectivity index (χ3v) is 3.62. The molecule has 88 valence electrons. The molecule has 1 atom stereocenters. The van der Waals surface area contributed by atoms with E-state index in [0.717, 1.165) is 14.7 Å². The zero-order valence-electron chi connectivity index (χ0n) is 9.43. The van der Waals surface area contributed by atoms with Crippen LogP contribution in [0.25, 0.3) is 0 Å². The standard InChI is InChI=1S/C14H13IO2/c1-17-13-9-5-3-7-11(13)14(16)10-6-2-4-8-12(10)15/h2-9,14,16H,1H3. The maximum absolute atomic E-state index is 10.4. The number of rotatable bonds is 3. The molecule has 0 fully saturated rings. The largest absolute Gasteiger partial charge is 0.496 e. The van der Waals surface area contributed by atoms with Gasteiger partial charge in [-0.25, -0.2) is 0 Å². The van der Waals surface area contributed by atoms with Gasteiger partial charge in [0, 0.05) is 9.13 Å². The van der Waals surface area contributed by atoms with Crippen molar-refractivity contribution in [2.24, 2.45) is 0 Å². The summed E-state index contributed by atoms with van der Waals surface area (Å²) in [5.41, 5.74) is 1.69. The molecule has 0 aliphatic rings. The van der Waals surface area contributed by atoms with Crippen molar-refractivity contribution in [3.63, 3.8) is 0 Å². The summed E-state index contributed by atoms with van der Waals surface area (Å²) in [6.45, 7) is 0. The highest BCUT2D eigenvalue weighted by Crippen LogP contribution is 2.31. The van der Waals surface area contributed by atoms with E-state index in [2.05, 4.69) is 22.6 Å². The summed E-state index contributed by atoms with van der Waals surface area (Å²) in [7, 11) is 1.61. The van der Waals surface area contributed by atoms with Crippen LogP contribution in [0.2, 0.25) is 0 Å². The van der Waals surface area contributed by atoms with E-state index in [1.165, 1.54) is 0 Å². The molecule has 0 spiro atoms. The molecule has 0 amide bonds. The first-order chi connectivity index (χ1) is 8.24. The van der Waals surface area contributed by atoms with Crippen LogP contribution in [0, 0.1) is 3.57 Å². The second kappa shape index (κ2) is 5.51. The number of hydrogen-bond donors (Lipinski definition) is 1. The molecule has 0 aromatic heterocycles. The lowest BCUT2D eigenvalue weighted by molar-refractivity contribution is 0.214. The SMILES string of the molecule is COc1ccccc1C(O)c1ccccc1I. The van der Waals surface area contributed by atoms with Crippen LogP contribution in [-0.2, 0) is 0 Å². The van der Waals surface area contributed by atoms with Crippen molar-refractivity contribution in [3.8, 4) is 5.75 Å². The number of halogens is 1. The number of para-hydroxylation sites is 1. The fraction of sp³-hybridized carbons (Fsp3) is 0.143. The van der Waals surface area contributed by atoms with Crippen LogP contribution in [0.5, 0.6) is 5.75 Å². The van der Waals surface area contributed by atoms with E-state index in [0.29, 0.717) is 5.75 Å². The number of hydrogen-bond acceptors (Lipinski definition) is 2. The summed E-state index contributed by atoms with van der Waals surface area (Å²) >= 11 is 2.23. The fourth-order valence-electron chi connectivity index (χ4n) is 1.76. The van der Waals surface area contributed by atoms with E-state index < -0.39 is 6.10 Å². The first-order valence-electron chi connectivity index (χ1n) is 5.29. The maximum atomic E-state index is 10.4. The van der Waals surface area contributed by atoms with Crippen LogP contribution in [0.15, 0.2) is 48.5 Å². The molecule has 2 rings (SSSR count). The minimum Gasteiger partial charge on any atom is -0.496 e. The van der Waals surface area contributed by atoms with Gasteiger partial charge in [-0.3, -0.25) is 0 Å². The molecule has 2 nitrogen and oxygen atoms in total. The molecule has 0 aliphatic carbocycles. The monoisotopic (exact) mass is 340 g/mol.